The molecule has 17 heavy (non-hydrogen) atoms. The zero-order valence-corrected chi connectivity index (χ0v) is 10.3. The molecule has 1 aromatic rings. The van der Waals surface area contributed by atoms with Crippen molar-refractivity contribution in [2.45, 2.75) is 51.7 Å². The second-order valence-corrected chi connectivity index (χ2v) is 4.88. The summed E-state index contributed by atoms with van der Waals surface area (Å²) >= 11 is 0. The Kier molecular flexibility index (Phi) is 3.52. The van der Waals surface area contributed by atoms with Gasteiger partial charge in [0.1, 0.15) is 0 Å². The lowest BCUT2D eigenvalue weighted by atomic mass is 9.97. The first-order chi connectivity index (χ1) is 8.09. The van der Waals surface area contributed by atoms with Crippen LogP contribution in [-0.2, 0) is 6.54 Å². The minimum atomic E-state index is -0.984. The summed E-state index contributed by atoms with van der Waals surface area (Å²) in [7, 11) is 0. The van der Waals surface area contributed by atoms with Gasteiger partial charge < -0.3 is 9.52 Å². The van der Waals surface area contributed by atoms with Crippen LogP contribution < -0.4 is 0 Å². The zero-order valence-electron chi connectivity index (χ0n) is 10.3. The third-order valence-electron chi connectivity index (χ3n) is 3.67. The van der Waals surface area contributed by atoms with Gasteiger partial charge in [0.25, 0.3) is 0 Å². The number of piperidine rings is 1. The molecule has 2 heterocycles. The van der Waals surface area contributed by atoms with Crippen molar-refractivity contribution in [1.82, 2.24) is 4.90 Å². The van der Waals surface area contributed by atoms with Crippen LogP contribution in [0.2, 0.25) is 0 Å². The number of hydrogen-bond acceptors (Lipinski definition) is 3. The van der Waals surface area contributed by atoms with Crippen molar-refractivity contribution < 1.29 is 14.3 Å². The quantitative estimate of drug-likeness (QED) is 0.878. The van der Waals surface area contributed by atoms with Crippen LogP contribution in [0, 0.1) is 0 Å². The van der Waals surface area contributed by atoms with Gasteiger partial charge in [0.2, 0.25) is 5.76 Å². The Hall–Kier alpha value is -1.29. The van der Waals surface area contributed by atoms with Crippen molar-refractivity contribution in [3.8, 4) is 0 Å². The maximum Gasteiger partial charge on any atom is 0.372 e. The monoisotopic (exact) mass is 237 g/mol. The molecule has 0 aromatic carbocycles. The minimum absolute atomic E-state index is 0.0787. The first-order valence-electron chi connectivity index (χ1n) is 6.15. The van der Waals surface area contributed by atoms with Crippen molar-refractivity contribution >= 4 is 5.97 Å². The number of aromatic carboxylic acids is 1. The molecule has 0 aliphatic carbocycles. The van der Waals surface area contributed by atoms with E-state index in [1.165, 1.54) is 25.5 Å². The fourth-order valence-corrected chi connectivity index (χ4v) is 2.63. The molecule has 1 N–H and O–H groups in total. The number of carbonyl (C=O) groups is 1. The van der Waals surface area contributed by atoms with Crippen molar-refractivity contribution in [3.63, 3.8) is 0 Å². The maximum atomic E-state index is 11.0. The summed E-state index contributed by atoms with van der Waals surface area (Å²) in [4.78, 5) is 13.3. The third-order valence-corrected chi connectivity index (χ3v) is 3.67. The predicted octanol–water partition coefficient (Wildman–Crippen LogP) is 2.74. The number of nitrogens with zero attached hydrogens (tertiary/aromatic N) is 1. The largest absolute Gasteiger partial charge is 0.475 e. The summed E-state index contributed by atoms with van der Waals surface area (Å²) in [5.41, 5.74) is 0.776. The Labute approximate surface area is 101 Å². The lowest BCUT2D eigenvalue weighted by molar-refractivity contribution is 0.0649. The molecule has 1 aliphatic rings. The molecule has 0 radical (unpaired) electrons. The van der Waals surface area contributed by atoms with E-state index < -0.39 is 5.97 Å². The van der Waals surface area contributed by atoms with Gasteiger partial charge in [0, 0.05) is 24.2 Å². The number of carboxylic acids is 1. The highest BCUT2D eigenvalue weighted by molar-refractivity contribution is 5.86. The van der Waals surface area contributed by atoms with Crippen molar-refractivity contribution in [3.05, 3.63) is 23.7 Å². The van der Waals surface area contributed by atoms with Gasteiger partial charge in [-0.3, -0.25) is 4.90 Å². The lowest BCUT2D eigenvalue weighted by Crippen LogP contribution is -2.43. The SMILES string of the molecule is CC1CCCC(C)N1Cc1ccoc1C(=O)O. The Bertz CT molecular complexity index is 389. The van der Waals surface area contributed by atoms with Crippen LogP contribution in [0.4, 0.5) is 0 Å². The molecule has 4 nitrogen and oxygen atoms in total. The summed E-state index contributed by atoms with van der Waals surface area (Å²) in [6.07, 6.45) is 5.09. The minimum Gasteiger partial charge on any atom is -0.475 e. The van der Waals surface area contributed by atoms with E-state index in [0.717, 1.165) is 5.56 Å². The third kappa shape index (κ3) is 2.52. The fraction of sp³-hybridized carbons (Fsp3) is 0.615. The number of carboxylic acid groups (broad SMARTS) is 1. The van der Waals surface area contributed by atoms with Gasteiger partial charge in [-0.1, -0.05) is 6.42 Å². The molecule has 0 bridgehead atoms. The zero-order chi connectivity index (χ0) is 12.4. The fourth-order valence-electron chi connectivity index (χ4n) is 2.63. The molecule has 2 rings (SSSR count). The summed E-state index contributed by atoms with van der Waals surface area (Å²) in [6.45, 7) is 5.08. The van der Waals surface area contributed by atoms with Crippen LogP contribution >= 0.6 is 0 Å². The van der Waals surface area contributed by atoms with Gasteiger partial charge in [-0.25, -0.2) is 4.79 Å². The molecule has 0 saturated carbocycles. The molecule has 94 valence electrons. The summed E-state index contributed by atoms with van der Waals surface area (Å²) < 4.78 is 5.01. The molecule has 1 saturated heterocycles. The van der Waals surface area contributed by atoms with E-state index in [-0.39, 0.29) is 5.76 Å². The molecule has 0 amide bonds. The van der Waals surface area contributed by atoms with Crippen LogP contribution in [0.1, 0.15) is 49.2 Å². The van der Waals surface area contributed by atoms with E-state index in [4.69, 9.17) is 9.52 Å². The molecule has 2 unspecified atom stereocenters. The average molecular weight is 237 g/mol. The average Bonchev–Trinajstić information content (AvgIpc) is 2.72. The van der Waals surface area contributed by atoms with Gasteiger partial charge in [-0.15, -0.1) is 0 Å². The van der Waals surface area contributed by atoms with E-state index in [0.29, 0.717) is 18.6 Å². The van der Waals surface area contributed by atoms with E-state index in [2.05, 4.69) is 18.7 Å². The first-order valence-corrected chi connectivity index (χ1v) is 6.15. The van der Waals surface area contributed by atoms with Crippen molar-refractivity contribution in [2.24, 2.45) is 0 Å². The highest BCUT2D eigenvalue weighted by Crippen LogP contribution is 2.25. The standard InChI is InChI=1S/C13H19NO3/c1-9-4-3-5-10(2)14(9)8-11-6-7-17-12(11)13(15)16/h6-7,9-10H,3-5,8H2,1-2H3,(H,15,16). The van der Waals surface area contributed by atoms with Gasteiger partial charge in [-0.2, -0.15) is 0 Å². The van der Waals surface area contributed by atoms with Crippen LogP contribution in [0.3, 0.4) is 0 Å². The Morgan fingerprint density at radius 1 is 1.47 bits per heavy atom. The molecule has 1 fully saturated rings. The number of furan rings is 1. The molecular weight excluding hydrogens is 218 g/mol. The Morgan fingerprint density at radius 2 is 2.12 bits per heavy atom. The van der Waals surface area contributed by atoms with E-state index >= 15 is 0 Å². The lowest BCUT2D eigenvalue weighted by Gasteiger charge is -2.38. The highest BCUT2D eigenvalue weighted by atomic mass is 16.4. The highest BCUT2D eigenvalue weighted by Gasteiger charge is 2.26. The second-order valence-electron chi connectivity index (χ2n) is 4.88. The first kappa shape index (κ1) is 12.2. The van der Waals surface area contributed by atoms with E-state index in [1.54, 1.807) is 6.07 Å². The second kappa shape index (κ2) is 4.92. The molecule has 1 aromatic heterocycles. The maximum absolute atomic E-state index is 11.0. The summed E-state index contributed by atoms with van der Waals surface area (Å²) in [5, 5.41) is 9.00. The van der Waals surface area contributed by atoms with Crippen LogP contribution in [0.15, 0.2) is 16.7 Å². The smallest absolute Gasteiger partial charge is 0.372 e. The number of hydrogen-bond donors (Lipinski definition) is 1. The predicted molar refractivity (Wildman–Crippen MR) is 64.0 cm³/mol. The number of rotatable bonds is 3. The van der Waals surface area contributed by atoms with Gasteiger partial charge in [0.05, 0.1) is 6.26 Å². The molecular formula is C13H19NO3. The molecule has 1 aliphatic heterocycles. The van der Waals surface area contributed by atoms with Crippen molar-refractivity contribution in [1.29, 1.82) is 0 Å². The van der Waals surface area contributed by atoms with Crippen LogP contribution in [-0.4, -0.2) is 28.1 Å². The normalized spacial score (nSPS) is 26.0. The number of likely N-dealkylation sites (tertiary alicyclic amines) is 1. The van der Waals surface area contributed by atoms with Crippen LogP contribution in [0.25, 0.3) is 0 Å². The van der Waals surface area contributed by atoms with Crippen molar-refractivity contribution in [2.75, 3.05) is 0 Å². The van der Waals surface area contributed by atoms with Gasteiger partial charge in [0.15, 0.2) is 0 Å². The van der Waals surface area contributed by atoms with E-state index in [9.17, 15) is 4.79 Å². The topological polar surface area (TPSA) is 53.7 Å². The summed E-state index contributed by atoms with van der Waals surface area (Å²) in [5.74, 6) is -0.905. The van der Waals surface area contributed by atoms with E-state index in [1.807, 2.05) is 0 Å². The summed E-state index contributed by atoms with van der Waals surface area (Å²) in [6, 6.07) is 2.78. The Morgan fingerprint density at radius 3 is 2.71 bits per heavy atom. The van der Waals surface area contributed by atoms with Gasteiger partial charge >= 0.3 is 5.97 Å². The molecule has 2 atom stereocenters. The van der Waals surface area contributed by atoms with Gasteiger partial charge in [-0.05, 0) is 32.8 Å². The Balaban J connectivity index is 2.13. The van der Waals surface area contributed by atoms with Crippen LogP contribution in [0.5, 0.6) is 0 Å². The molecule has 0 spiro atoms. The molecule has 4 heteroatoms.